The average Bonchev–Trinajstić information content (AvgIpc) is 3.28. The highest BCUT2D eigenvalue weighted by Gasteiger charge is 2.41. The van der Waals surface area contributed by atoms with Gasteiger partial charge < -0.3 is 15.5 Å². The molecule has 2 amide bonds. The molecule has 6 rings (SSSR count). The number of nitrogens with one attached hydrogen (secondary N) is 2. The molecule has 3 fully saturated rings. The van der Waals surface area contributed by atoms with Crippen molar-refractivity contribution in [2.24, 2.45) is 13.0 Å². The van der Waals surface area contributed by atoms with Gasteiger partial charge in [0, 0.05) is 69.7 Å². The lowest BCUT2D eigenvalue weighted by Crippen LogP contribution is -2.56. The fourth-order valence-corrected chi connectivity index (χ4v) is 5.64. The van der Waals surface area contributed by atoms with Crippen LogP contribution in [0.2, 0.25) is 0 Å². The number of urea groups is 1. The fourth-order valence-electron chi connectivity index (χ4n) is 5.64. The molecule has 35 heavy (non-hydrogen) atoms. The average molecular weight is 473 g/mol. The van der Waals surface area contributed by atoms with Crippen LogP contribution in [0.5, 0.6) is 0 Å². The topological polar surface area (TPSA) is 65.4 Å². The number of carbonyl (C=O) groups is 1. The highest BCUT2D eigenvalue weighted by molar-refractivity contribution is 5.73. The lowest BCUT2D eigenvalue weighted by molar-refractivity contribution is 0.0294. The summed E-state index contributed by atoms with van der Waals surface area (Å²) in [6, 6.07) is 21.2. The Kier molecular flexibility index (Phi) is 6.77. The van der Waals surface area contributed by atoms with E-state index in [0.29, 0.717) is 31.0 Å². The van der Waals surface area contributed by atoms with Crippen LogP contribution in [-0.2, 0) is 13.6 Å². The molecule has 0 aliphatic carbocycles. The third-order valence-corrected chi connectivity index (χ3v) is 7.65. The maximum Gasteiger partial charge on any atom is 0.315 e. The summed E-state index contributed by atoms with van der Waals surface area (Å²) < 4.78 is 2.08. The first-order valence-electron chi connectivity index (χ1n) is 12.6. The Hall–Kier alpha value is -3.32. The van der Waals surface area contributed by atoms with Gasteiger partial charge in [0.2, 0.25) is 0 Å². The fraction of sp³-hybridized carbons (Fsp3) is 0.429. The number of hydrogen-bond donors (Lipinski definition) is 2. The smallest absolute Gasteiger partial charge is 0.315 e. The normalized spacial score (nSPS) is 23.2. The van der Waals surface area contributed by atoms with Crippen LogP contribution < -0.4 is 15.5 Å². The van der Waals surface area contributed by atoms with E-state index < -0.39 is 0 Å². The minimum absolute atomic E-state index is 0.0930. The number of aryl methyl sites for hydroxylation is 1. The maximum absolute atomic E-state index is 12.3. The molecule has 3 aliphatic rings. The van der Waals surface area contributed by atoms with Crippen molar-refractivity contribution in [3.8, 4) is 11.3 Å². The molecule has 4 heterocycles. The van der Waals surface area contributed by atoms with Gasteiger partial charge in [-0.05, 0) is 49.1 Å². The van der Waals surface area contributed by atoms with E-state index >= 15 is 0 Å². The molecule has 2 N–H and O–H groups in total. The molecular formula is C28H36N6O. The number of carbonyl (C=O) groups excluding carboxylic acids is 1. The van der Waals surface area contributed by atoms with Crippen LogP contribution in [0, 0.1) is 5.92 Å². The molecule has 0 radical (unpaired) electrons. The Morgan fingerprint density at radius 2 is 1.86 bits per heavy atom. The second kappa shape index (κ2) is 10.1. The zero-order chi connectivity index (χ0) is 24.4. The number of benzene rings is 2. The van der Waals surface area contributed by atoms with E-state index in [9.17, 15) is 4.79 Å². The molecule has 7 nitrogen and oxygen atoms in total. The second-order valence-electron chi connectivity index (χ2n) is 10.1. The summed E-state index contributed by atoms with van der Waals surface area (Å²) in [5.74, 6) is 1.11. The van der Waals surface area contributed by atoms with E-state index in [0.717, 1.165) is 36.3 Å². The molecule has 3 aliphatic heterocycles. The third kappa shape index (κ3) is 5.20. The van der Waals surface area contributed by atoms with E-state index in [1.54, 1.807) is 0 Å². The Morgan fingerprint density at radius 3 is 2.54 bits per heavy atom. The number of hydrogen-bond acceptors (Lipinski definition) is 4. The van der Waals surface area contributed by atoms with Gasteiger partial charge in [-0.1, -0.05) is 42.5 Å². The van der Waals surface area contributed by atoms with E-state index in [-0.39, 0.29) is 6.03 Å². The monoisotopic (exact) mass is 472 g/mol. The van der Waals surface area contributed by atoms with Gasteiger partial charge in [0.15, 0.2) is 0 Å². The first-order chi connectivity index (χ1) is 17.0. The molecule has 2 bridgehead atoms. The largest absolute Gasteiger partial charge is 0.378 e. The van der Waals surface area contributed by atoms with E-state index in [1.165, 1.54) is 17.8 Å². The Balaban J connectivity index is 1.18. The molecule has 2 aromatic carbocycles. The van der Waals surface area contributed by atoms with E-state index in [1.807, 2.05) is 30.3 Å². The van der Waals surface area contributed by atoms with Crippen molar-refractivity contribution in [2.75, 3.05) is 38.6 Å². The van der Waals surface area contributed by atoms with Crippen LogP contribution >= 0.6 is 0 Å². The van der Waals surface area contributed by atoms with Gasteiger partial charge in [-0.15, -0.1) is 0 Å². The van der Waals surface area contributed by atoms with Crippen LogP contribution in [0.1, 0.15) is 30.0 Å². The Bertz CT molecular complexity index is 1140. The predicted octanol–water partition coefficient (Wildman–Crippen LogP) is 3.83. The van der Waals surface area contributed by atoms with Crippen LogP contribution in [0.15, 0.2) is 60.7 Å². The van der Waals surface area contributed by atoms with Crippen molar-refractivity contribution in [2.45, 2.75) is 31.3 Å². The first kappa shape index (κ1) is 23.4. The maximum atomic E-state index is 12.3. The number of aromatic nitrogens is 2. The van der Waals surface area contributed by atoms with Gasteiger partial charge in [0.05, 0.1) is 5.69 Å². The van der Waals surface area contributed by atoms with Gasteiger partial charge in [-0.25, -0.2) is 4.79 Å². The number of nitrogens with zero attached hydrogens (tertiary/aromatic N) is 4. The highest BCUT2D eigenvalue weighted by Crippen LogP contribution is 2.42. The van der Waals surface area contributed by atoms with Crippen LogP contribution in [-0.4, -0.2) is 60.5 Å². The highest BCUT2D eigenvalue weighted by atomic mass is 16.2. The first-order valence-corrected chi connectivity index (χ1v) is 12.6. The second-order valence-corrected chi connectivity index (χ2v) is 10.1. The zero-order valence-electron chi connectivity index (χ0n) is 20.9. The van der Waals surface area contributed by atoms with Crippen LogP contribution in [0.4, 0.5) is 10.5 Å². The number of amides is 2. The number of anilines is 1. The van der Waals surface area contributed by atoms with Crippen molar-refractivity contribution in [3.63, 3.8) is 0 Å². The number of piperidine rings is 3. The van der Waals surface area contributed by atoms with Crippen LogP contribution in [0.3, 0.4) is 0 Å². The van der Waals surface area contributed by atoms with E-state index in [2.05, 4.69) is 76.6 Å². The third-order valence-electron chi connectivity index (χ3n) is 7.65. The number of fused-ring (bicyclic) bond motifs is 3. The standard InChI is InChI=1S/C28H36N6O/c1-32(2)23-11-9-21(10-12-23)26-16-27(33(3)31-26)25-19-34-14-13-22(25)15-24(34)18-30-28(35)29-17-20-7-5-4-6-8-20/h4-12,16,22,24-25H,13-15,17-19H2,1-3H3,(H2,29,30,35). The lowest BCUT2D eigenvalue weighted by atomic mass is 9.74. The van der Waals surface area contributed by atoms with E-state index in [4.69, 9.17) is 5.10 Å². The molecule has 4 atom stereocenters. The summed E-state index contributed by atoms with van der Waals surface area (Å²) in [7, 11) is 6.18. The quantitative estimate of drug-likeness (QED) is 0.549. The van der Waals surface area contributed by atoms with Gasteiger partial charge in [0.25, 0.3) is 0 Å². The summed E-state index contributed by atoms with van der Waals surface area (Å²) in [5, 5.41) is 10.9. The minimum atomic E-state index is -0.0930. The molecule has 0 saturated carbocycles. The van der Waals surface area contributed by atoms with Crippen molar-refractivity contribution < 1.29 is 4.79 Å². The summed E-state index contributed by atoms with van der Waals surface area (Å²) in [6.45, 7) is 3.38. The molecule has 184 valence electrons. The SMILES string of the molecule is CN(C)c1ccc(-c2cc(C3CN4CCC3CC4CNC(=O)NCc3ccccc3)n(C)n2)cc1. The minimum Gasteiger partial charge on any atom is -0.378 e. The molecule has 7 heteroatoms. The van der Waals surface area contributed by atoms with Crippen molar-refractivity contribution in [1.82, 2.24) is 25.3 Å². The summed E-state index contributed by atoms with van der Waals surface area (Å²) in [5.41, 5.74) is 5.81. The Morgan fingerprint density at radius 1 is 1.09 bits per heavy atom. The summed E-state index contributed by atoms with van der Waals surface area (Å²) in [4.78, 5) is 17.0. The summed E-state index contributed by atoms with van der Waals surface area (Å²) in [6.07, 6.45) is 2.32. The van der Waals surface area contributed by atoms with Gasteiger partial charge in [-0.2, -0.15) is 5.10 Å². The summed E-state index contributed by atoms with van der Waals surface area (Å²) >= 11 is 0. The molecule has 1 aromatic heterocycles. The van der Waals surface area contributed by atoms with Crippen molar-refractivity contribution >= 4 is 11.7 Å². The zero-order valence-corrected chi connectivity index (χ0v) is 20.9. The van der Waals surface area contributed by atoms with Crippen molar-refractivity contribution in [3.05, 3.63) is 71.9 Å². The Labute approximate surface area is 208 Å². The van der Waals surface area contributed by atoms with Gasteiger partial charge in [0.1, 0.15) is 0 Å². The molecule has 0 spiro atoms. The van der Waals surface area contributed by atoms with Gasteiger partial charge >= 0.3 is 6.03 Å². The molecule has 3 aromatic rings. The van der Waals surface area contributed by atoms with Crippen molar-refractivity contribution in [1.29, 1.82) is 0 Å². The number of rotatable bonds is 7. The van der Waals surface area contributed by atoms with Gasteiger partial charge in [-0.3, -0.25) is 9.58 Å². The molecule has 4 unspecified atom stereocenters. The lowest BCUT2D eigenvalue weighted by Gasteiger charge is -2.49. The van der Waals surface area contributed by atoms with Crippen LogP contribution in [0.25, 0.3) is 11.3 Å². The predicted molar refractivity (Wildman–Crippen MR) is 140 cm³/mol. The molecule has 3 saturated heterocycles. The molecular weight excluding hydrogens is 436 g/mol.